The average Bonchev–Trinajstić information content (AvgIpc) is 2.72. The summed E-state index contributed by atoms with van der Waals surface area (Å²) in [6, 6.07) is 12.7. The topological polar surface area (TPSA) is 88.2 Å². The number of aromatic nitrogens is 1. The predicted molar refractivity (Wildman–Crippen MR) is 105 cm³/mol. The van der Waals surface area contributed by atoms with Gasteiger partial charge in [-0.05, 0) is 56.0 Å². The Labute approximate surface area is 160 Å². The number of hydrogen-bond donors (Lipinski definition) is 2. The van der Waals surface area contributed by atoms with Gasteiger partial charge in [-0.15, -0.1) is 0 Å². The van der Waals surface area contributed by atoms with Gasteiger partial charge in [-0.3, -0.25) is 9.78 Å². The fraction of sp³-hybridized carbons (Fsp3) is 0.400. The molecule has 7 heteroatoms. The van der Waals surface area contributed by atoms with Gasteiger partial charge in [0.15, 0.2) is 9.84 Å². The summed E-state index contributed by atoms with van der Waals surface area (Å²) in [5.74, 6) is -0.440. The Bertz CT molecular complexity index is 835. The minimum atomic E-state index is -3.50. The van der Waals surface area contributed by atoms with Crippen LogP contribution < -0.4 is 10.6 Å². The van der Waals surface area contributed by atoms with Crippen LogP contribution in [0.3, 0.4) is 0 Å². The van der Waals surface area contributed by atoms with Crippen LogP contribution in [0, 0.1) is 5.92 Å². The van der Waals surface area contributed by atoms with E-state index in [-0.39, 0.29) is 17.6 Å². The van der Waals surface area contributed by atoms with E-state index in [9.17, 15) is 13.2 Å². The van der Waals surface area contributed by atoms with Gasteiger partial charge in [-0.2, -0.15) is 0 Å². The van der Waals surface area contributed by atoms with Crippen LogP contribution in [0.15, 0.2) is 54.9 Å². The van der Waals surface area contributed by atoms with E-state index in [1.807, 2.05) is 30.3 Å². The van der Waals surface area contributed by atoms with Gasteiger partial charge in [0.2, 0.25) is 0 Å². The second-order valence-electron chi connectivity index (χ2n) is 6.82. The van der Waals surface area contributed by atoms with Crippen molar-refractivity contribution in [3.8, 4) is 0 Å². The van der Waals surface area contributed by atoms with Gasteiger partial charge in [-0.1, -0.05) is 30.3 Å². The number of carbonyl (C=O) groups excluding carboxylic acids is 1. The van der Waals surface area contributed by atoms with Gasteiger partial charge in [0.1, 0.15) is 5.37 Å². The third-order valence-electron chi connectivity index (χ3n) is 4.93. The normalized spacial score (nSPS) is 16.6. The molecule has 1 fully saturated rings. The number of carbonyl (C=O) groups is 1. The number of sulfone groups is 1. The molecule has 0 spiro atoms. The molecule has 0 radical (unpaired) electrons. The molecular weight excluding hydrogens is 362 g/mol. The van der Waals surface area contributed by atoms with Crippen LogP contribution in [0.4, 0.5) is 0 Å². The summed E-state index contributed by atoms with van der Waals surface area (Å²) >= 11 is 0. The molecule has 6 nitrogen and oxygen atoms in total. The molecule has 1 unspecified atom stereocenters. The van der Waals surface area contributed by atoms with Crippen LogP contribution >= 0.6 is 0 Å². The molecule has 0 aliphatic carbocycles. The molecular formula is C20H25N3O3S. The van der Waals surface area contributed by atoms with Crippen molar-refractivity contribution in [2.75, 3.05) is 18.8 Å². The van der Waals surface area contributed by atoms with Crippen molar-refractivity contribution in [2.24, 2.45) is 5.92 Å². The van der Waals surface area contributed by atoms with Crippen molar-refractivity contribution in [3.05, 3.63) is 66.0 Å². The lowest BCUT2D eigenvalue weighted by Gasteiger charge is -2.31. The highest BCUT2D eigenvalue weighted by Crippen LogP contribution is 2.22. The third-order valence-corrected chi connectivity index (χ3v) is 6.98. The number of nitrogens with one attached hydrogen (secondary N) is 2. The van der Waals surface area contributed by atoms with Gasteiger partial charge < -0.3 is 10.6 Å². The number of pyridine rings is 1. The molecule has 3 rings (SSSR count). The molecule has 2 aromatic rings. The first-order valence-corrected chi connectivity index (χ1v) is 10.9. The van der Waals surface area contributed by atoms with Gasteiger partial charge in [0.05, 0.1) is 5.75 Å². The zero-order chi connectivity index (χ0) is 19.1. The summed E-state index contributed by atoms with van der Waals surface area (Å²) in [5, 5.41) is 5.17. The van der Waals surface area contributed by atoms with Crippen LogP contribution in [0.5, 0.6) is 0 Å². The summed E-state index contributed by atoms with van der Waals surface area (Å²) in [6.07, 6.45) is 4.95. The highest BCUT2D eigenvalue weighted by atomic mass is 32.2. The lowest BCUT2D eigenvalue weighted by Crippen LogP contribution is -2.49. The Hall–Kier alpha value is -2.25. The first-order valence-electron chi connectivity index (χ1n) is 9.23. The first-order chi connectivity index (χ1) is 13.1. The standard InChI is InChI=1S/C20H25N3O3S/c24-19(17-6-11-21-12-7-17)23-20(18-8-13-22-14-9-18)27(25,26)15-10-16-4-2-1-3-5-16/h1-7,11-12,18,20,22H,8-10,13-15H2,(H,23,24). The van der Waals surface area contributed by atoms with E-state index in [0.717, 1.165) is 31.5 Å². The van der Waals surface area contributed by atoms with E-state index in [1.165, 1.54) is 12.4 Å². The smallest absolute Gasteiger partial charge is 0.252 e. The number of benzene rings is 1. The minimum absolute atomic E-state index is 0.0161. The van der Waals surface area contributed by atoms with E-state index < -0.39 is 15.2 Å². The molecule has 1 aromatic heterocycles. The van der Waals surface area contributed by atoms with Crippen LogP contribution in [-0.4, -0.2) is 43.5 Å². The molecule has 1 aliphatic heterocycles. The maximum Gasteiger partial charge on any atom is 0.252 e. The van der Waals surface area contributed by atoms with Gasteiger partial charge >= 0.3 is 0 Å². The van der Waals surface area contributed by atoms with E-state index in [1.54, 1.807) is 12.1 Å². The monoisotopic (exact) mass is 387 g/mol. The Balaban J connectivity index is 1.76. The van der Waals surface area contributed by atoms with Crippen molar-refractivity contribution in [2.45, 2.75) is 24.6 Å². The second kappa shape index (κ2) is 9.10. The van der Waals surface area contributed by atoms with Gasteiger partial charge in [0, 0.05) is 18.0 Å². The lowest BCUT2D eigenvalue weighted by molar-refractivity contribution is 0.0934. The SMILES string of the molecule is O=C(NC(C1CCNCC1)S(=O)(=O)CCc1ccccc1)c1ccncc1. The second-order valence-corrected chi connectivity index (χ2v) is 9.06. The first kappa shape index (κ1) is 19.5. The van der Waals surface area contributed by atoms with E-state index in [4.69, 9.17) is 0 Å². The number of rotatable bonds is 7. The largest absolute Gasteiger partial charge is 0.335 e. The Morgan fingerprint density at radius 2 is 1.78 bits per heavy atom. The lowest BCUT2D eigenvalue weighted by atomic mass is 9.97. The van der Waals surface area contributed by atoms with Crippen LogP contribution in [-0.2, 0) is 16.3 Å². The Morgan fingerprint density at radius 3 is 2.44 bits per heavy atom. The minimum Gasteiger partial charge on any atom is -0.335 e. The molecule has 27 heavy (non-hydrogen) atoms. The number of nitrogens with zero attached hydrogens (tertiary/aromatic N) is 1. The zero-order valence-corrected chi connectivity index (χ0v) is 16.0. The maximum absolute atomic E-state index is 13.1. The summed E-state index contributed by atoms with van der Waals surface area (Å²) in [5.41, 5.74) is 1.40. The van der Waals surface area contributed by atoms with Crippen molar-refractivity contribution in [3.63, 3.8) is 0 Å². The molecule has 2 N–H and O–H groups in total. The van der Waals surface area contributed by atoms with Crippen molar-refractivity contribution < 1.29 is 13.2 Å². The fourth-order valence-electron chi connectivity index (χ4n) is 3.40. The quantitative estimate of drug-likeness (QED) is 0.756. The molecule has 0 bridgehead atoms. The number of amides is 1. The fourth-order valence-corrected chi connectivity index (χ4v) is 5.31. The Morgan fingerprint density at radius 1 is 1.11 bits per heavy atom. The average molecular weight is 388 g/mol. The predicted octanol–water partition coefficient (Wildman–Crippen LogP) is 1.79. The summed E-state index contributed by atoms with van der Waals surface area (Å²) in [4.78, 5) is 16.5. The molecule has 1 saturated heterocycles. The molecule has 2 heterocycles. The van der Waals surface area contributed by atoms with Crippen molar-refractivity contribution in [1.29, 1.82) is 0 Å². The molecule has 1 amide bonds. The summed E-state index contributed by atoms with van der Waals surface area (Å²) < 4.78 is 26.2. The number of piperidine rings is 1. The van der Waals surface area contributed by atoms with Crippen molar-refractivity contribution in [1.82, 2.24) is 15.6 Å². The van der Waals surface area contributed by atoms with Crippen LogP contribution in [0.25, 0.3) is 0 Å². The molecule has 144 valence electrons. The molecule has 0 saturated carbocycles. The summed E-state index contributed by atoms with van der Waals surface area (Å²) in [7, 11) is -3.50. The highest BCUT2D eigenvalue weighted by molar-refractivity contribution is 7.92. The number of aryl methyl sites for hydroxylation is 1. The van der Waals surface area contributed by atoms with E-state index in [2.05, 4.69) is 15.6 Å². The summed E-state index contributed by atoms with van der Waals surface area (Å²) in [6.45, 7) is 1.53. The number of hydrogen-bond acceptors (Lipinski definition) is 5. The van der Waals surface area contributed by atoms with E-state index >= 15 is 0 Å². The molecule has 1 atom stereocenters. The Kier molecular flexibility index (Phi) is 6.58. The van der Waals surface area contributed by atoms with Gasteiger partial charge in [0.25, 0.3) is 5.91 Å². The molecule has 1 aromatic carbocycles. The van der Waals surface area contributed by atoms with Gasteiger partial charge in [-0.25, -0.2) is 8.42 Å². The maximum atomic E-state index is 13.1. The zero-order valence-electron chi connectivity index (χ0n) is 15.2. The third kappa shape index (κ3) is 5.37. The molecule has 1 aliphatic rings. The highest BCUT2D eigenvalue weighted by Gasteiger charge is 2.35. The van der Waals surface area contributed by atoms with Crippen LogP contribution in [0.2, 0.25) is 0 Å². The van der Waals surface area contributed by atoms with Crippen molar-refractivity contribution >= 4 is 15.7 Å². The van der Waals surface area contributed by atoms with E-state index in [0.29, 0.717) is 12.0 Å². The van der Waals surface area contributed by atoms with Crippen LogP contribution in [0.1, 0.15) is 28.8 Å².